The Labute approximate surface area is 91.1 Å². The molecule has 4 nitrogen and oxygen atoms in total. The first-order chi connectivity index (χ1) is 7.23. The van der Waals surface area contributed by atoms with Gasteiger partial charge in [-0.3, -0.25) is 0 Å². The van der Waals surface area contributed by atoms with Crippen LogP contribution in [0.5, 0.6) is 0 Å². The summed E-state index contributed by atoms with van der Waals surface area (Å²) >= 11 is 0. The third-order valence-corrected chi connectivity index (χ3v) is 3.42. The molecule has 0 aliphatic carbocycles. The van der Waals surface area contributed by atoms with Crippen LogP contribution in [0, 0.1) is 0 Å². The van der Waals surface area contributed by atoms with E-state index in [9.17, 15) is 0 Å². The van der Waals surface area contributed by atoms with E-state index in [1.54, 1.807) is 0 Å². The Hall–Kier alpha value is -1.16. The van der Waals surface area contributed by atoms with E-state index in [1.165, 1.54) is 24.1 Å². The highest BCUT2D eigenvalue weighted by Gasteiger charge is 2.27. The van der Waals surface area contributed by atoms with Gasteiger partial charge in [-0.25, -0.2) is 9.97 Å². The van der Waals surface area contributed by atoms with Crippen molar-refractivity contribution in [3.63, 3.8) is 0 Å². The molecule has 82 valence electrons. The number of hydrogen-bond donors (Lipinski definition) is 0. The van der Waals surface area contributed by atoms with Gasteiger partial charge in [0.1, 0.15) is 0 Å². The van der Waals surface area contributed by atoms with Gasteiger partial charge in [0.2, 0.25) is 5.95 Å². The number of quaternary nitrogens is 1. The summed E-state index contributed by atoms with van der Waals surface area (Å²) in [6.07, 6.45) is 3.62. The third kappa shape index (κ3) is 2.26. The van der Waals surface area contributed by atoms with E-state index in [2.05, 4.69) is 28.8 Å². The van der Waals surface area contributed by atoms with Crippen LogP contribution in [0.1, 0.15) is 6.92 Å². The van der Waals surface area contributed by atoms with Gasteiger partial charge < -0.3 is 9.38 Å². The molecule has 0 radical (unpaired) electrons. The van der Waals surface area contributed by atoms with Gasteiger partial charge in [-0.05, 0) is 13.0 Å². The molecule has 1 saturated heterocycles. The van der Waals surface area contributed by atoms with Crippen molar-refractivity contribution in [3.8, 4) is 0 Å². The maximum absolute atomic E-state index is 4.28. The molecule has 1 aromatic heterocycles. The highest BCUT2D eigenvalue weighted by molar-refractivity contribution is 5.28. The van der Waals surface area contributed by atoms with Crippen LogP contribution in [0.3, 0.4) is 0 Å². The van der Waals surface area contributed by atoms with Crippen LogP contribution in [0.2, 0.25) is 0 Å². The van der Waals surface area contributed by atoms with E-state index in [1.807, 2.05) is 18.5 Å². The van der Waals surface area contributed by atoms with Crippen molar-refractivity contribution in [1.82, 2.24) is 9.97 Å². The fraction of sp³-hybridized carbons (Fsp3) is 0.636. The standard InChI is InChI=1S/C11H19N4/c1-3-15(2)9-7-14(8-10-15)11-12-5-4-6-13-11/h4-6H,3,7-10H2,1-2H3/q+1. The molecule has 1 aliphatic rings. The average Bonchev–Trinajstić information content (AvgIpc) is 2.31. The van der Waals surface area contributed by atoms with E-state index in [0.29, 0.717) is 0 Å². The quantitative estimate of drug-likeness (QED) is 0.671. The van der Waals surface area contributed by atoms with E-state index >= 15 is 0 Å². The molecule has 1 aliphatic heterocycles. The molecule has 0 unspecified atom stereocenters. The number of nitrogens with zero attached hydrogens (tertiary/aromatic N) is 4. The van der Waals surface area contributed by atoms with Gasteiger partial charge in [0.25, 0.3) is 0 Å². The second-order valence-electron chi connectivity index (χ2n) is 4.42. The maximum atomic E-state index is 4.28. The van der Waals surface area contributed by atoms with Gasteiger partial charge in [0, 0.05) is 12.4 Å². The lowest BCUT2D eigenvalue weighted by Gasteiger charge is -2.41. The first-order valence-electron chi connectivity index (χ1n) is 5.59. The Morgan fingerprint density at radius 2 is 1.87 bits per heavy atom. The normalized spacial score (nSPS) is 20.3. The molecule has 2 heterocycles. The lowest BCUT2D eigenvalue weighted by molar-refractivity contribution is -0.908. The Kier molecular flexibility index (Phi) is 2.86. The molecule has 4 heteroatoms. The van der Waals surface area contributed by atoms with E-state index in [4.69, 9.17) is 0 Å². The summed E-state index contributed by atoms with van der Waals surface area (Å²) in [6, 6.07) is 1.86. The van der Waals surface area contributed by atoms with Crippen molar-refractivity contribution in [2.75, 3.05) is 44.7 Å². The molecule has 0 N–H and O–H groups in total. The molecule has 15 heavy (non-hydrogen) atoms. The molecule has 2 rings (SSSR count). The average molecular weight is 207 g/mol. The van der Waals surface area contributed by atoms with Gasteiger partial charge in [0.15, 0.2) is 0 Å². The van der Waals surface area contributed by atoms with Crippen molar-refractivity contribution in [2.24, 2.45) is 0 Å². The summed E-state index contributed by atoms with van der Waals surface area (Å²) in [7, 11) is 2.32. The zero-order chi connectivity index (χ0) is 10.7. The molecule has 0 bridgehead atoms. The number of piperazine rings is 1. The van der Waals surface area contributed by atoms with Crippen LogP contribution in [-0.2, 0) is 0 Å². The lowest BCUT2D eigenvalue weighted by atomic mass is 10.3. The summed E-state index contributed by atoms with van der Waals surface area (Å²) in [4.78, 5) is 10.8. The number of likely N-dealkylation sites (N-methyl/N-ethyl adjacent to an activating group) is 1. The Morgan fingerprint density at radius 1 is 1.27 bits per heavy atom. The van der Waals surface area contributed by atoms with Crippen molar-refractivity contribution in [3.05, 3.63) is 18.5 Å². The summed E-state index contributed by atoms with van der Waals surface area (Å²) in [5, 5.41) is 0. The number of anilines is 1. The van der Waals surface area contributed by atoms with Crippen LogP contribution in [-0.4, -0.2) is 54.2 Å². The topological polar surface area (TPSA) is 29.0 Å². The van der Waals surface area contributed by atoms with Crippen LogP contribution in [0.15, 0.2) is 18.5 Å². The molecule has 0 atom stereocenters. The molecule has 0 saturated carbocycles. The van der Waals surface area contributed by atoms with Gasteiger partial charge >= 0.3 is 0 Å². The Bertz CT molecular complexity index is 304. The van der Waals surface area contributed by atoms with Crippen LogP contribution in [0.25, 0.3) is 0 Å². The maximum Gasteiger partial charge on any atom is 0.225 e. The lowest BCUT2D eigenvalue weighted by Crippen LogP contribution is -2.57. The fourth-order valence-corrected chi connectivity index (χ4v) is 1.92. The summed E-state index contributed by atoms with van der Waals surface area (Å²) < 4.78 is 1.17. The van der Waals surface area contributed by atoms with Gasteiger partial charge in [0.05, 0.1) is 39.8 Å². The molecular formula is C11H19N4+. The predicted octanol–water partition coefficient (Wildman–Crippen LogP) is 0.763. The minimum absolute atomic E-state index is 0.875. The second-order valence-corrected chi connectivity index (χ2v) is 4.42. The first-order valence-corrected chi connectivity index (χ1v) is 5.59. The molecule has 0 aromatic carbocycles. The van der Waals surface area contributed by atoms with Crippen molar-refractivity contribution in [1.29, 1.82) is 0 Å². The smallest absolute Gasteiger partial charge is 0.225 e. The zero-order valence-electron chi connectivity index (χ0n) is 9.56. The Balaban J connectivity index is 2.00. The molecule has 1 fully saturated rings. The van der Waals surface area contributed by atoms with Crippen LogP contribution in [0.4, 0.5) is 5.95 Å². The van der Waals surface area contributed by atoms with Crippen LogP contribution < -0.4 is 4.90 Å². The molecule has 0 amide bonds. The summed E-state index contributed by atoms with van der Waals surface area (Å²) in [6.45, 7) is 7.98. The highest BCUT2D eigenvalue weighted by atomic mass is 15.4. The van der Waals surface area contributed by atoms with E-state index in [-0.39, 0.29) is 0 Å². The number of hydrogen-bond acceptors (Lipinski definition) is 3. The fourth-order valence-electron chi connectivity index (χ4n) is 1.92. The minimum atomic E-state index is 0.875. The van der Waals surface area contributed by atoms with E-state index in [0.717, 1.165) is 19.0 Å². The van der Waals surface area contributed by atoms with Crippen molar-refractivity contribution >= 4 is 5.95 Å². The van der Waals surface area contributed by atoms with Gasteiger partial charge in [-0.15, -0.1) is 0 Å². The summed E-state index contributed by atoms with van der Waals surface area (Å²) in [5.41, 5.74) is 0. The van der Waals surface area contributed by atoms with Crippen molar-refractivity contribution < 1.29 is 4.48 Å². The third-order valence-electron chi connectivity index (χ3n) is 3.42. The Morgan fingerprint density at radius 3 is 2.40 bits per heavy atom. The number of aromatic nitrogens is 2. The van der Waals surface area contributed by atoms with Crippen molar-refractivity contribution in [2.45, 2.75) is 6.92 Å². The molecular weight excluding hydrogens is 188 g/mol. The van der Waals surface area contributed by atoms with Crippen LogP contribution >= 0.6 is 0 Å². The largest absolute Gasteiger partial charge is 0.330 e. The zero-order valence-corrected chi connectivity index (χ0v) is 9.56. The minimum Gasteiger partial charge on any atom is -0.330 e. The monoisotopic (exact) mass is 207 g/mol. The van der Waals surface area contributed by atoms with Gasteiger partial charge in [-0.2, -0.15) is 0 Å². The summed E-state index contributed by atoms with van der Waals surface area (Å²) in [5.74, 6) is 0.875. The predicted molar refractivity (Wildman–Crippen MR) is 60.7 cm³/mol. The SMILES string of the molecule is CC[N+]1(C)CCN(c2ncccn2)CC1. The molecule has 0 spiro atoms. The van der Waals surface area contributed by atoms with E-state index < -0.39 is 0 Å². The molecule has 1 aromatic rings. The first kappa shape index (κ1) is 10.4. The highest BCUT2D eigenvalue weighted by Crippen LogP contribution is 2.13. The van der Waals surface area contributed by atoms with Gasteiger partial charge in [-0.1, -0.05) is 0 Å². The second kappa shape index (κ2) is 4.14. The number of rotatable bonds is 2.